The van der Waals surface area contributed by atoms with Crippen LogP contribution in [-0.4, -0.2) is 19.6 Å². The van der Waals surface area contributed by atoms with Crippen LogP contribution in [0.1, 0.15) is 30.6 Å². The van der Waals surface area contributed by atoms with Gasteiger partial charge in [0.2, 0.25) is 0 Å². The molecular formula is C18H21NO3S. The minimum atomic E-state index is -0.205. The number of amides is 1. The molecular weight excluding hydrogens is 310 g/mol. The summed E-state index contributed by atoms with van der Waals surface area (Å²) in [7, 11) is 1.61. The first kappa shape index (κ1) is 15.9. The average molecular weight is 331 g/mol. The number of thiophene rings is 1. The van der Waals surface area contributed by atoms with E-state index in [2.05, 4.69) is 16.8 Å². The number of benzene rings is 1. The van der Waals surface area contributed by atoms with Crippen molar-refractivity contribution >= 4 is 17.2 Å². The molecule has 0 radical (unpaired) electrons. The van der Waals surface area contributed by atoms with Crippen LogP contribution in [0.25, 0.3) is 0 Å². The molecule has 1 amide bonds. The van der Waals surface area contributed by atoms with Gasteiger partial charge in [-0.3, -0.25) is 4.79 Å². The van der Waals surface area contributed by atoms with Gasteiger partial charge in [0.25, 0.3) is 5.91 Å². The highest BCUT2D eigenvalue weighted by molar-refractivity contribution is 7.10. The third-order valence-electron chi connectivity index (χ3n) is 4.24. The highest BCUT2D eigenvalue weighted by Gasteiger charge is 2.37. The Morgan fingerprint density at radius 2 is 2.00 bits per heavy atom. The molecule has 0 unspecified atom stereocenters. The lowest BCUT2D eigenvalue weighted by atomic mass is 9.95. The van der Waals surface area contributed by atoms with Crippen molar-refractivity contribution in [1.29, 1.82) is 0 Å². The molecule has 122 valence electrons. The fourth-order valence-electron chi connectivity index (χ4n) is 3.11. The Hall–Kier alpha value is -2.01. The molecule has 0 saturated heterocycles. The van der Waals surface area contributed by atoms with Crippen molar-refractivity contribution in [3.05, 3.63) is 46.7 Å². The van der Waals surface area contributed by atoms with E-state index in [1.807, 2.05) is 24.3 Å². The molecule has 1 N–H and O–H groups in total. The maximum Gasteiger partial charge on any atom is 0.258 e. The predicted molar refractivity (Wildman–Crippen MR) is 91.1 cm³/mol. The molecule has 5 heteroatoms. The van der Waals surface area contributed by atoms with E-state index in [0.29, 0.717) is 11.5 Å². The average Bonchev–Trinajstić information content (AvgIpc) is 3.25. The molecule has 1 aromatic carbocycles. The first-order valence-corrected chi connectivity index (χ1v) is 8.72. The highest BCUT2D eigenvalue weighted by atomic mass is 32.1. The van der Waals surface area contributed by atoms with Crippen molar-refractivity contribution < 1.29 is 14.3 Å². The second-order valence-electron chi connectivity index (χ2n) is 5.78. The SMILES string of the molecule is COc1cccc(OCC(=O)NC2(c3cccs3)CCCC2)c1. The molecule has 1 heterocycles. The summed E-state index contributed by atoms with van der Waals surface area (Å²) in [4.78, 5) is 13.6. The normalized spacial score (nSPS) is 16.0. The van der Waals surface area contributed by atoms with Crippen LogP contribution in [0.4, 0.5) is 0 Å². The molecule has 1 aliphatic carbocycles. The van der Waals surface area contributed by atoms with Crippen LogP contribution in [0.15, 0.2) is 41.8 Å². The largest absolute Gasteiger partial charge is 0.497 e. The van der Waals surface area contributed by atoms with Gasteiger partial charge in [0.1, 0.15) is 11.5 Å². The standard InChI is InChI=1S/C18H21NO3S/c1-21-14-6-4-7-15(12-14)22-13-17(20)19-18(9-2-3-10-18)16-8-5-11-23-16/h4-8,11-12H,2-3,9-10,13H2,1H3,(H,19,20). The van der Waals surface area contributed by atoms with Crippen molar-refractivity contribution in [2.24, 2.45) is 0 Å². The number of carbonyl (C=O) groups is 1. The first-order valence-electron chi connectivity index (χ1n) is 7.84. The van der Waals surface area contributed by atoms with Crippen molar-refractivity contribution in [2.75, 3.05) is 13.7 Å². The highest BCUT2D eigenvalue weighted by Crippen LogP contribution is 2.40. The van der Waals surface area contributed by atoms with Crippen LogP contribution in [0.2, 0.25) is 0 Å². The zero-order valence-corrected chi connectivity index (χ0v) is 14.0. The smallest absolute Gasteiger partial charge is 0.258 e. The lowest BCUT2D eigenvalue weighted by Crippen LogP contribution is -2.45. The number of carbonyl (C=O) groups excluding carboxylic acids is 1. The fraction of sp³-hybridized carbons (Fsp3) is 0.389. The molecule has 4 nitrogen and oxygen atoms in total. The van der Waals surface area contributed by atoms with E-state index in [-0.39, 0.29) is 18.1 Å². The summed E-state index contributed by atoms with van der Waals surface area (Å²) in [6.45, 7) is 0.0142. The van der Waals surface area contributed by atoms with Crippen LogP contribution in [-0.2, 0) is 10.3 Å². The summed E-state index contributed by atoms with van der Waals surface area (Å²) in [6.07, 6.45) is 4.29. The van der Waals surface area contributed by atoms with Gasteiger partial charge in [0.15, 0.2) is 6.61 Å². The predicted octanol–water partition coefficient (Wildman–Crippen LogP) is 3.72. The van der Waals surface area contributed by atoms with Gasteiger partial charge >= 0.3 is 0 Å². The third-order valence-corrected chi connectivity index (χ3v) is 5.31. The fourth-order valence-corrected chi connectivity index (χ4v) is 4.05. The molecule has 0 bridgehead atoms. The van der Waals surface area contributed by atoms with Gasteiger partial charge in [-0.15, -0.1) is 11.3 Å². The van der Waals surface area contributed by atoms with E-state index in [1.165, 1.54) is 4.88 Å². The lowest BCUT2D eigenvalue weighted by molar-refractivity contribution is -0.125. The van der Waals surface area contributed by atoms with Crippen LogP contribution in [0.5, 0.6) is 11.5 Å². The van der Waals surface area contributed by atoms with Crippen molar-refractivity contribution in [3.8, 4) is 11.5 Å². The summed E-state index contributed by atoms with van der Waals surface area (Å²) in [5, 5.41) is 5.27. The van der Waals surface area contributed by atoms with Crippen LogP contribution in [0.3, 0.4) is 0 Å². The Bertz CT molecular complexity index is 648. The molecule has 0 aliphatic heterocycles. The number of hydrogen-bond acceptors (Lipinski definition) is 4. The van der Waals surface area contributed by atoms with Crippen molar-refractivity contribution in [1.82, 2.24) is 5.32 Å². The van der Waals surface area contributed by atoms with E-state index in [0.717, 1.165) is 25.7 Å². The Balaban J connectivity index is 1.62. The molecule has 0 atom stereocenters. The Labute approximate surface area is 140 Å². The molecule has 1 fully saturated rings. The second kappa shape index (κ2) is 7.04. The quantitative estimate of drug-likeness (QED) is 0.877. The zero-order chi connectivity index (χ0) is 16.1. The summed E-state index contributed by atoms with van der Waals surface area (Å²) in [5.41, 5.74) is -0.205. The number of hydrogen-bond donors (Lipinski definition) is 1. The molecule has 23 heavy (non-hydrogen) atoms. The van der Waals surface area contributed by atoms with Gasteiger partial charge in [-0.1, -0.05) is 25.0 Å². The molecule has 1 saturated carbocycles. The van der Waals surface area contributed by atoms with Crippen molar-refractivity contribution in [3.63, 3.8) is 0 Å². The van der Waals surface area contributed by atoms with E-state index in [9.17, 15) is 4.79 Å². The maximum atomic E-state index is 12.4. The number of rotatable bonds is 6. The summed E-state index contributed by atoms with van der Waals surface area (Å²) >= 11 is 1.71. The second-order valence-corrected chi connectivity index (χ2v) is 6.73. The Morgan fingerprint density at radius 3 is 2.70 bits per heavy atom. The van der Waals surface area contributed by atoms with Gasteiger partial charge in [-0.2, -0.15) is 0 Å². The lowest BCUT2D eigenvalue weighted by Gasteiger charge is -2.29. The van der Waals surface area contributed by atoms with Crippen LogP contribution < -0.4 is 14.8 Å². The molecule has 2 aromatic rings. The van der Waals surface area contributed by atoms with E-state index in [4.69, 9.17) is 9.47 Å². The van der Waals surface area contributed by atoms with Gasteiger partial charge in [-0.05, 0) is 36.4 Å². The third kappa shape index (κ3) is 3.67. The van der Waals surface area contributed by atoms with E-state index < -0.39 is 0 Å². The molecule has 1 aromatic heterocycles. The first-order chi connectivity index (χ1) is 11.2. The molecule has 1 aliphatic rings. The molecule has 3 rings (SSSR count). The zero-order valence-electron chi connectivity index (χ0n) is 13.2. The summed E-state index contributed by atoms with van der Waals surface area (Å²) in [6, 6.07) is 11.4. The van der Waals surface area contributed by atoms with E-state index in [1.54, 1.807) is 24.5 Å². The van der Waals surface area contributed by atoms with Gasteiger partial charge in [-0.25, -0.2) is 0 Å². The minimum absolute atomic E-state index is 0.0142. The van der Waals surface area contributed by atoms with Gasteiger partial charge in [0.05, 0.1) is 12.6 Å². The molecule has 0 spiro atoms. The van der Waals surface area contributed by atoms with Gasteiger partial charge < -0.3 is 14.8 Å². The summed E-state index contributed by atoms with van der Waals surface area (Å²) in [5.74, 6) is 1.27. The minimum Gasteiger partial charge on any atom is -0.497 e. The topological polar surface area (TPSA) is 47.6 Å². The van der Waals surface area contributed by atoms with E-state index >= 15 is 0 Å². The van der Waals surface area contributed by atoms with Crippen LogP contribution >= 0.6 is 11.3 Å². The number of nitrogens with one attached hydrogen (secondary N) is 1. The Morgan fingerprint density at radius 1 is 1.22 bits per heavy atom. The van der Waals surface area contributed by atoms with Crippen molar-refractivity contribution in [2.45, 2.75) is 31.2 Å². The summed E-state index contributed by atoms with van der Waals surface area (Å²) < 4.78 is 10.7. The Kier molecular flexibility index (Phi) is 4.86. The number of methoxy groups -OCH3 is 1. The maximum absolute atomic E-state index is 12.4. The van der Waals surface area contributed by atoms with Crippen LogP contribution in [0, 0.1) is 0 Å². The number of ether oxygens (including phenoxy) is 2. The van der Waals surface area contributed by atoms with Gasteiger partial charge in [0, 0.05) is 10.9 Å². The monoisotopic (exact) mass is 331 g/mol.